The van der Waals surface area contributed by atoms with Gasteiger partial charge in [-0.15, -0.1) is 0 Å². The van der Waals surface area contributed by atoms with E-state index in [9.17, 15) is 5.11 Å². The van der Waals surface area contributed by atoms with Crippen LogP contribution >= 0.6 is 15.9 Å². The molecule has 0 fully saturated rings. The Kier molecular flexibility index (Phi) is 4.50. The van der Waals surface area contributed by atoms with Crippen molar-refractivity contribution in [3.05, 3.63) is 64.4 Å². The molecule has 0 aliphatic rings. The van der Waals surface area contributed by atoms with Crippen LogP contribution in [0.1, 0.15) is 24.1 Å². The van der Waals surface area contributed by atoms with Crippen LogP contribution in [0.2, 0.25) is 0 Å². The monoisotopic (exact) mass is 305 g/mol. The number of pyridine rings is 1. The summed E-state index contributed by atoms with van der Waals surface area (Å²) < 4.78 is 0.955. The number of halogens is 1. The number of aliphatic hydroxyl groups excluding tert-OH is 1. The first-order valence-corrected chi connectivity index (χ1v) is 6.79. The van der Waals surface area contributed by atoms with Gasteiger partial charge in [-0.1, -0.05) is 37.3 Å². The van der Waals surface area contributed by atoms with Crippen LogP contribution in [-0.4, -0.2) is 16.2 Å². The minimum absolute atomic E-state index is 0.108. The molecular formula is C15H16BrNO. The summed E-state index contributed by atoms with van der Waals surface area (Å²) in [7, 11) is 0. The molecule has 94 valence electrons. The number of aliphatic hydroxyl groups is 1. The maximum absolute atomic E-state index is 10.2. The van der Waals surface area contributed by atoms with Crippen LogP contribution in [0.3, 0.4) is 0 Å². The van der Waals surface area contributed by atoms with Gasteiger partial charge in [0.2, 0.25) is 0 Å². The van der Waals surface area contributed by atoms with E-state index in [-0.39, 0.29) is 5.92 Å². The van der Waals surface area contributed by atoms with E-state index in [0.717, 1.165) is 15.7 Å². The Hall–Kier alpha value is -1.19. The molecule has 0 amide bonds. The van der Waals surface area contributed by atoms with Gasteiger partial charge in [-0.25, -0.2) is 0 Å². The Bertz CT molecular complexity index is 484. The third kappa shape index (κ3) is 3.40. The van der Waals surface area contributed by atoms with Crippen LogP contribution in [-0.2, 0) is 6.42 Å². The molecule has 2 rings (SSSR count). The fourth-order valence-corrected chi connectivity index (χ4v) is 2.13. The third-order valence-corrected chi connectivity index (χ3v) is 3.58. The van der Waals surface area contributed by atoms with Crippen LogP contribution in [0.15, 0.2) is 53.1 Å². The van der Waals surface area contributed by atoms with Gasteiger partial charge in [-0.05, 0) is 33.6 Å². The lowest BCUT2D eigenvalue weighted by atomic mass is 9.92. The van der Waals surface area contributed by atoms with Gasteiger partial charge in [-0.2, -0.15) is 0 Å². The fourth-order valence-electron chi connectivity index (χ4n) is 1.90. The van der Waals surface area contributed by atoms with E-state index in [2.05, 4.69) is 20.9 Å². The number of hydrogen-bond acceptors (Lipinski definition) is 2. The Morgan fingerprint density at radius 1 is 1.17 bits per heavy atom. The number of benzene rings is 1. The molecule has 3 heteroatoms. The van der Waals surface area contributed by atoms with E-state index >= 15 is 0 Å². The van der Waals surface area contributed by atoms with Crippen LogP contribution in [0.25, 0.3) is 0 Å². The van der Waals surface area contributed by atoms with Gasteiger partial charge in [-0.3, -0.25) is 4.98 Å². The molecule has 2 aromatic rings. The lowest BCUT2D eigenvalue weighted by Crippen LogP contribution is -2.19. The summed E-state index contributed by atoms with van der Waals surface area (Å²) in [5.41, 5.74) is 2.07. The van der Waals surface area contributed by atoms with E-state index in [4.69, 9.17) is 0 Å². The summed E-state index contributed by atoms with van der Waals surface area (Å²) in [5.74, 6) is 0.108. The topological polar surface area (TPSA) is 33.1 Å². The second kappa shape index (κ2) is 6.12. The Morgan fingerprint density at radius 3 is 2.50 bits per heavy atom. The molecule has 0 spiro atoms. The highest BCUT2D eigenvalue weighted by molar-refractivity contribution is 9.10. The standard InChI is InChI=1S/C15H16BrNO/c1-11(12-5-3-2-4-6-12)15(18)9-14-8-7-13(16)10-17-14/h2-8,10-11,15,18H,9H2,1H3. The van der Waals surface area contributed by atoms with Crippen molar-refractivity contribution >= 4 is 15.9 Å². The average molecular weight is 306 g/mol. The summed E-state index contributed by atoms with van der Waals surface area (Å²) in [5, 5.41) is 10.2. The van der Waals surface area contributed by atoms with Crippen LogP contribution in [0, 0.1) is 0 Å². The number of rotatable bonds is 4. The van der Waals surface area contributed by atoms with Crippen molar-refractivity contribution in [1.29, 1.82) is 0 Å². The smallest absolute Gasteiger partial charge is 0.0661 e. The molecule has 2 nitrogen and oxygen atoms in total. The van der Waals surface area contributed by atoms with Crippen LogP contribution in [0.5, 0.6) is 0 Å². The summed E-state index contributed by atoms with van der Waals surface area (Å²) in [4.78, 5) is 4.29. The first kappa shape index (κ1) is 13.2. The van der Waals surface area contributed by atoms with Gasteiger partial charge in [0.25, 0.3) is 0 Å². The molecule has 2 atom stereocenters. The van der Waals surface area contributed by atoms with Crippen molar-refractivity contribution in [1.82, 2.24) is 4.98 Å². The zero-order chi connectivity index (χ0) is 13.0. The molecule has 1 N–H and O–H groups in total. The number of nitrogens with zero attached hydrogens (tertiary/aromatic N) is 1. The minimum Gasteiger partial charge on any atom is -0.392 e. The highest BCUT2D eigenvalue weighted by Gasteiger charge is 2.16. The number of hydrogen-bond donors (Lipinski definition) is 1. The quantitative estimate of drug-likeness (QED) is 0.937. The van der Waals surface area contributed by atoms with E-state index in [1.165, 1.54) is 0 Å². The van der Waals surface area contributed by atoms with Crippen molar-refractivity contribution in [2.75, 3.05) is 0 Å². The van der Waals surface area contributed by atoms with Gasteiger partial charge >= 0.3 is 0 Å². The van der Waals surface area contributed by atoms with Gasteiger partial charge in [0.05, 0.1) is 6.10 Å². The van der Waals surface area contributed by atoms with Gasteiger partial charge in [0.1, 0.15) is 0 Å². The molecule has 0 bridgehead atoms. The van der Waals surface area contributed by atoms with Gasteiger partial charge < -0.3 is 5.11 Å². The first-order valence-electron chi connectivity index (χ1n) is 6.00. The molecule has 0 radical (unpaired) electrons. The normalized spacial score (nSPS) is 14.2. The molecule has 1 heterocycles. The highest BCUT2D eigenvalue weighted by atomic mass is 79.9. The van der Waals surface area contributed by atoms with E-state index in [0.29, 0.717) is 6.42 Å². The Balaban J connectivity index is 2.03. The van der Waals surface area contributed by atoms with Gasteiger partial charge in [0, 0.05) is 28.7 Å². The van der Waals surface area contributed by atoms with Crippen molar-refractivity contribution in [2.24, 2.45) is 0 Å². The largest absolute Gasteiger partial charge is 0.392 e. The molecule has 1 aromatic heterocycles. The maximum Gasteiger partial charge on any atom is 0.0661 e. The summed E-state index contributed by atoms with van der Waals surface area (Å²) >= 11 is 3.35. The van der Waals surface area contributed by atoms with Crippen molar-refractivity contribution < 1.29 is 5.11 Å². The lowest BCUT2D eigenvalue weighted by Gasteiger charge is -2.18. The summed E-state index contributed by atoms with van der Waals surface area (Å²) in [6.45, 7) is 2.04. The van der Waals surface area contributed by atoms with Crippen molar-refractivity contribution in [2.45, 2.75) is 25.4 Å². The number of aromatic nitrogens is 1. The maximum atomic E-state index is 10.2. The molecule has 0 saturated heterocycles. The predicted octanol–water partition coefficient (Wildman–Crippen LogP) is 3.55. The van der Waals surface area contributed by atoms with Crippen molar-refractivity contribution in [3.63, 3.8) is 0 Å². The third-order valence-electron chi connectivity index (χ3n) is 3.11. The second-order valence-corrected chi connectivity index (χ2v) is 5.35. The van der Waals surface area contributed by atoms with Crippen LogP contribution < -0.4 is 0 Å². The molecular weight excluding hydrogens is 290 g/mol. The molecule has 2 unspecified atom stereocenters. The first-order chi connectivity index (χ1) is 8.66. The van der Waals surface area contributed by atoms with E-state index in [1.807, 2.05) is 49.4 Å². The Morgan fingerprint density at radius 2 is 1.89 bits per heavy atom. The van der Waals surface area contributed by atoms with Gasteiger partial charge in [0.15, 0.2) is 0 Å². The lowest BCUT2D eigenvalue weighted by molar-refractivity contribution is 0.148. The zero-order valence-electron chi connectivity index (χ0n) is 10.3. The molecule has 0 aliphatic heterocycles. The Labute approximate surface area is 116 Å². The summed E-state index contributed by atoms with van der Waals surface area (Å²) in [6.07, 6.45) is 1.92. The molecule has 0 aliphatic carbocycles. The minimum atomic E-state index is -0.416. The fraction of sp³-hybridized carbons (Fsp3) is 0.267. The highest BCUT2D eigenvalue weighted by Crippen LogP contribution is 2.21. The predicted molar refractivity (Wildman–Crippen MR) is 76.5 cm³/mol. The molecule has 1 aromatic carbocycles. The van der Waals surface area contributed by atoms with Crippen LogP contribution in [0.4, 0.5) is 0 Å². The zero-order valence-corrected chi connectivity index (χ0v) is 11.8. The molecule has 0 saturated carbocycles. The summed E-state index contributed by atoms with van der Waals surface area (Å²) in [6, 6.07) is 13.9. The van der Waals surface area contributed by atoms with E-state index < -0.39 is 6.10 Å². The average Bonchev–Trinajstić information content (AvgIpc) is 2.41. The van der Waals surface area contributed by atoms with Crippen molar-refractivity contribution in [3.8, 4) is 0 Å². The molecule has 18 heavy (non-hydrogen) atoms. The SMILES string of the molecule is CC(c1ccccc1)C(O)Cc1ccc(Br)cn1. The second-order valence-electron chi connectivity index (χ2n) is 4.44. The van der Waals surface area contributed by atoms with E-state index in [1.54, 1.807) is 6.20 Å².